The molecule has 1 heterocycles. The first-order valence-electron chi connectivity index (χ1n) is 18.8. The maximum Gasteiger partial charge on any atom is 0.300 e. The van der Waals surface area contributed by atoms with Gasteiger partial charge in [0.15, 0.2) is 0 Å². The highest BCUT2D eigenvalue weighted by Gasteiger charge is 2.39. The SMILES string of the molecule is CC(C)[C@H](NOC(C)(C)C)C(=O)N[C@@H](Cc1ccccc1)C(=O)C(=O)C1=CNC=CN1C(=O)C(=O)[C@H](Cc1ccccc1)NC(=O)[C@@H](NOC(C)(C)C)C(C)C. The van der Waals surface area contributed by atoms with E-state index in [1.807, 2.05) is 41.5 Å². The van der Waals surface area contributed by atoms with Gasteiger partial charge in [0, 0.05) is 31.4 Å². The number of Topliss-reactive ketones (excluding diaryl/α,β-unsaturated/α-hetero) is 3. The molecule has 5 N–H and O–H groups in total. The summed E-state index contributed by atoms with van der Waals surface area (Å²) in [7, 11) is 0. The van der Waals surface area contributed by atoms with Gasteiger partial charge < -0.3 is 16.0 Å². The highest BCUT2D eigenvalue weighted by Crippen LogP contribution is 2.18. The van der Waals surface area contributed by atoms with Gasteiger partial charge in [-0.25, -0.2) is 0 Å². The van der Waals surface area contributed by atoms with Gasteiger partial charge in [-0.05, 0) is 64.5 Å². The summed E-state index contributed by atoms with van der Waals surface area (Å²) in [6.45, 7) is 18.1. The predicted octanol–water partition coefficient (Wildman–Crippen LogP) is 3.58. The zero-order valence-electron chi connectivity index (χ0n) is 34.1. The molecule has 0 saturated carbocycles. The molecule has 0 radical (unpaired) electrons. The summed E-state index contributed by atoms with van der Waals surface area (Å²) in [6.07, 6.45) is 3.53. The molecule has 14 nitrogen and oxygen atoms in total. The zero-order chi connectivity index (χ0) is 41.8. The number of ketones is 3. The topological polar surface area (TPSA) is 184 Å². The van der Waals surface area contributed by atoms with Crippen molar-refractivity contribution in [2.24, 2.45) is 11.8 Å². The van der Waals surface area contributed by atoms with Crippen LogP contribution in [0.3, 0.4) is 0 Å². The van der Waals surface area contributed by atoms with Gasteiger partial charge in [0.25, 0.3) is 0 Å². The third-order valence-corrected chi connectivity index (χ3v) is 8.40. The average Bonchev–Trinajstić information content (AvgIpc) is 3.12. The molecule has 1 aliphatic heterocycles. The fourth-order valence-corrected chi connectivity index (χ4v) is 5.41. The lowest BCUT2D eigenvalue weighted by Crippen LogP contribution is -2.56. The smallest absolute Gasteiger partial charge is 0.300 e. The molecule has 0 aliphatic carbocycles. The van der Waals surface area contributed by atoms with Crippen molar-refractivity contribution in [2.45, 2.75) is 117 Å². The lowest BCUT2D eigenvalue weighted by molar-refractivity contribution is -0.146. The molecule has 56 heavy (non-hydrogen) atoms. The summed E-state index contributed by atoms with van der Waals surface area (Å²) in [6, 6.07) is 13.2. The second-order valence-corrected chi connectivity index (χ2v) is 16.4. The van der Waals surface area contributed by atoms with Crippen LogP contribution in [0.5, 0.6) is 0 Å². The van der Waals surface area contributed by atoms with E-state index in [0.717, 1.165) is 17.3 Å². The number of carbonyl (C=O) groups is 6. The fraction of sp³-hybridized carbons (Fsp3) is 0.476. The second-order valence-electron chi connectivity index (χ2n) is 16.4. The van der Waals surface area contributed by atoms with Gasteiger partial charge in [0.05, 0.1) is 17.2 Å². The molecular weight excluding hydrogens is 716 g/mol. The van der Waals surface area contributed by atoms with Crippen molar-refractivity contribution in [3.8, 4) is 0 Å². The highest BCUT2D eigenvalue weighted by molar-refractivity contribution is 6.47. The van der Waals surface area contributed by atoms with Crippen LogP contribution in [0.2, 0.25) is 0 Å². The van der Waals surface area contributed by atoms with Gasteiger partial charge in [-0.3, -0.25) is 43.3 Å². The Morgan fingerprint density at radius 3 is 1.45 bits per heavy atom. The van der Waals surface area contributed by atoms with Crippen molar-refractivity contribution in [2.75, 3.05) is 0 Å². The summed E-state index contributed by atoms with van der Waals surface area (Å²) < 4.78 is 0. The van der Waals surface area contributed by atoms with Crippen LogP contribution in [0.1, 0.15) is 80.4 Å². The molecule has 2 aromatic rings. The maximum absolute atomic E-state index is 14.1. The lowest BCUT2D eigenvalue weighted by atomic mass is 9.96. The van der Waals surface area contributed by atoms with Crippen LogP contribution in [0.25, 0.3) is 0 Å². The molecule has 0 aromatic heterocycles. The van der Waals surface area contributed by atoms with E-state index in [0.29, 0.717) is 11.1 Å². The Morgan fingerprint density at radius 1 is 0.643 bits per heavy atom. The van der Waals surface area contributed by atoms with Crippen molar-refractivity contribution in [3.63, 3.8) is 0 Å². The number of nitrogens with zero attached hydrogens (tertiary/aromatic N) is 1. The molecule has 0 bridgehead atoms. The number of allylic oxidation sites excluding steroid dienone is 1. The van der Waals surface area contributed by atoms with Crippen LogP contribution in [-0.2, 0) is 51.3 Å². The normalized spacial score (nSPS) is 15.3. The van der Waals surface area contributed by atoms with Crippen LogP contribution in [-0.4, -0.2) is 75.3 Å². The third-order valence-electron chi connectivity index (χ3n) is 8.40. The second kappa shape index (κ2) is 20.2. The Labute approximate surface area is 330 Å². The van der Waals surface area contributed by atoms with Crippen molar-refractivity contribution in [1.29, 1.82) is 0 Å². The number of amides is 3. The quantitative estimate of drug-likeness (QED) is 0.104. The third kappa shape index (κ3) is 13.9. The van der Waals surface area contributed by atoms with Crippen LogP contribution in [0.4, 0.5) is 0 Å². The van der Waals surface area contributed by atoms with Gasteiger partial charge in [-0.1, -0.05) is 88.4 Å². The van der Waals surface area contributed by atoms with Crippen LogP contribution < -0.4 is 26.9 Å². The molecular formula is C42H58N6O8. The first-order valence-corrected chi connectivity index (χ1v) is 18.8. The molecule has 14 heteroatoms. The van der Waals surface area contributed by atoms with E-state index in [-0.39, 0.29) is 24.7 Å². The Bertz CT molecular complexity index is 1750. The number of hydroxylamine groups is 2. The van der Waals surface area contributed by atoms with E-state index in [4.69, 9.17) is 9.68 Å². The summed E-state index contributed by atoms with van der Waals surface area (Å²) in [5.41, 5.74) is 5.22. The molecule has 0 saturated heterocycles. The summed E-state index contributed by atoms with van der Waals surface area (Å²) >= 11 is 0. The van der Waals surface area contributed by atoms with E-state index in [1.54, 1.807) is 88.4 Å². The number of nitrogens with one attached hydrogen (secondary N) is 5. The average molecular weight is 775 g/mol. The van der Waals surface area contributed by atoms with Gasteiger partial charge in [-0.2, -0.15) is 11.0 Å². The zero-order valence-corrected chi connectivity index (χ0v) is 34.1. The van der Waals surface area contributed by atoms with Crippen LogP contribution in [0.15, 0.2) is 85.0 Å². The minimum atomic E-state index is -1.36. The first-order chi connectivity index (χ1) is 26.2. The van der Waals surface area contributed by atoms with Crippen molar-refractivity contribution >= 4 is 35.1 Å². The van der Waals surface area contributed by atoms with Crippen molar-refractivity contribution < 1.29 is 38.4 Å². The number of hydrogen-bond donors (Lipinski definition) is 5. The number of rotatable bonds is 19. The molecule has 304 valence electrons. The minimum Gasteiger partial charge on any atom is -0.364 e. The number of hydrogen-bond acceptors (Lipinski definition) is 11. The Balaban J connectivity index is 1.92. The van der Waals surface area contributed by atoms with E-state index < -0.39 is 76.1 Å². The molecule has 4 atom stereocenters. The van der Waals surface area contributed by atoms with Crippen molar-refractivity contribution in [3.05, 3.63) is 96.1 Å². The standard InChI is InChI=1S/C42H58N6O8/c1-26(2)33(46-55-41(5,6)7)38(52)44-30(23-28-17-13-11-14-18-28)35(49)37(51)32-25-43-21-22-48(32)40(54)36(50)31(24-29-19-15-12-16-20-29)45-39(53)34(27(3)4)47-56-42(8,9)10/h11-22,25-27,30-31,33-34,43,46-47H,23-24H2,1-10H3,(H,44,52)(H,45,53)/t30-,31-,33-,34-/m0/s1. The minimum absolute atomic E-state index is 0.0410. The largest absolute Gasteiger partial charge is 0.364 e. The summed E-state index contributed by atoms with van der Waals surface area (Å²) in [5.74, 6) is -6.03. The number of carbonyl (C=O) groups excluding carboxylic acids is 6. The molecule has 0 fully saturated rings. The van der Waals surface area contributed by atoms with Gasteiger partial charge in [-0.15, -0.1) is 0 Å². The summed E-state index contributed by atoms with van der Waals surface area (Å²) in [4.78, 5) is 95.8. The molecule has 1 aliphatic rings. The molecule has 0 unspecified atom stereocenters. The molecule has 3 rings (SSSR count). The van der Waals surface area contributed by atoms with E-state index in [2.05, 4.69) is 26.9 Å². The first kappa shape index (κ1) is 45.4. The van der Waals surface area contributed by atoms with Crippen LogP contribution >= 0.6 is 0 Å². The monoisotopic (exact) mass is 774 g/mol. The maximum atomic E-state index is 14.1. The Morgan fingerprint density at radius 2 is 1.05 bits per heavy atom. The van der Waals surface area contributed by atoms with E-state index in [1.165, 1.54) is 6.20 Å². The molecule has 3 amide bonds. The lowest BCUT2D eigenvalue weighted by Gasteiger charge is -2.29. The summed E-state index contributed by atoms with van der Waals surface area (Å²) in [5, 5.41) is 8.16. The highest BCUT2D eigenvalue weighted by atomic mass is 16.7. The predicted molar refractivity (Wildman–Crippen MR) is 212 cm³/mol. The van der Waals surface area contributed by atoms with Crippen molar-refractivity contribution in [1.82, 2.24) is 31.8 Å². The fourth-order valence-electron chi connectivity index (χ4n) is 5.41. The van der Waals surface area contributed by atoms with E-state index >= 15 is 0 Å². The molecule has 2 aromatic carbocycles. The Hall–Kier alpha value is -5.02. The van der Waals surface area contributed by atoms with Gasteiger partial charge in [0.2, 0.25) is 29.2 Å². The number of benzene rings is 2. The molecule has 0 spiro atoms. The van der Waals surface area contributed by atoms with Crippen LogP contribution in [0, 0.1) is 11.8 Å². The van der Waals surface area contributed by atoms with Gasteiger partial charge in [0.1, 0.15) is 23.8 Å². The Kier molecular flexibility index (Phi) is 16.4. The van der Waals surface area contributed by atoms with Gasteiger partial charge >= 0.3 is 5.91 Å². The van der Waals surface area contributed by atoms with E-state index in [9.17, 15) is 28.8 Å².